The number of carbonyl (C=O) groups is 1. The molecule has 0 atom stereocenters. The predicted molar refractivity (Wildman–Crippen MR) is 60.9 cm³/mol. The molecular formula is C11H10BrNO2. The molecule has 0 aromatic heterocycles. The highest BCUT2D eigenvalue weighted by Crippen LogP contribution is 2.04. The number of rotatable bonds is 3. The quantitative estimate of drug-likeness (QED) is 0.808. The third-order valence-electron chi connectivity index (χ3n) is 1.79. The summed E-state index contributed by atoms with van der Waals surface area (Å²) >= 11 is 2.84. The molecule has 2 N–H and O–H groups in total. The van der Waals surface area contributed by atoms with Gasteiger partial charge in [0.05, 0.1) is 6.61 Å². The predicted octanol–water partition coefficient (Wildman–Crippen LogP) is 1.15. The molecule has 0 saturated carbocycles. The van der Waals surface area contributed by atoms with Crippen molar-refractivity contribution in [2.75, 3.05) is 0 Å². The van der Waals surface area contributed by atoms with Crippen LogP contribution in [0.5, 0.6) is 0 Å². The Labute approximate surface area is 96.6 Å². The highest BCUT2D eigenvalue weighted by Gasteiger charge is 1.97. The van der Waals surface area contributed by atoms with Gasteiger partial charge in [0.2, 0.25) is 0 Å². The van der Waals surface area contributed by atoms with Gasteiger partial charge in [-0.2, -0.15) is 0 Å². The fourth-order valence-corrected chi connectivity index (χ4v) is 1.29. The summed E-state index contributed by atoms with van der Waals surface area (Å²) < 4.78 is 0. The lowest BCUT2D eigenvalue weighted by Crippen LogP contribution is -2.20. The number of amides is 1. The Bertz CT molecular complexity index is 407. The average Bonchev–Trinajstić information content (AvgIpc) is 2.27. The molecule has 0 aliphatic rings. The molecule has 1 rings (SSSR count). The van der Waals surface area contributed by atoms with E-state index in [1.807, 2.05) is 24.3 Å². The molecule has 1 aromatic carbocycles. The number of hydrogen-bond acceptors (Lipinski definition) is 2. The van der Waals surface area contributed by atoms with Gasteiger partial charge in [0, 0.05) is 28.4 Å². The normalized spacial score (nSPS) is 8.93. The molecule has 78 valence electrons. The van der Waals surface area contributed by atoms with Crippen LogP contribution in [0.2, 0.25) is 0 Å². The summed E-state index contributed by atoms with van der Waals surface area (Å²) in [4.78, 5) is 13.3. The topological polar surface area (TPSA) is 49.3 Å². The first-order valence-electron chi connectivity index (χ1n) is 4.34. The number of halogens is 1. The van der Waals surface area contributed by atoms with Crippen molar-refractivity contribution in [2.24, 2.45) is 0 Å². The second-order valence-corrected chi connectivity index (χ2v) is 3.28. The van der Waals surface area contributed by atoms with Crippen molar-refractivity contribution in [3.63, 3.8) is 0 Å². The Kier molecular flexibility index (Phi) is 4.88. The minimum Gasteiger partial charge on any atom is -0.392 e. The fourth-order valence-electron chi connectivity index (χ4n) is 1.11. The second kappa shape index (κ2) is 6.23. The van der Waals surface area contributed by atoms with E-state index in [-0.39, 0.29) is 12.5 Å². The van der Waals surface area contributed by atoms with Crippen LogP contribution in [0.15, 0.2) is 24.3 Å². The lowest BCUT2D eigenvalue weighted by Gasteiger charge is -2.03. The number of aliphatic hydroxyl groups is 1. The van der Waals surface area contributed by atoms with Crippen molar-refractivity contribution < 1.29 is 9.90 Å². The maximum absolute atomic E-state index is 11.0. The monoisotopic (exact) mass is 267 g/mol. The van der Waals surface area contributed by atoms with Gasteiger partial charge in [-0.25, -0.2) is 0 Å². The number of aliphatic hydroxyl groups excluding tert-OH is 1. The first-order chi connectivity index (χ1) is 7.26. The van der Waals surface area contributed by atoms with Crippen LogP contribution in [0, 0.1) is 10.8 Å². The molecule has 0 fully saturated rings. The van der Waals surface area contributed by atoms with Crippen LogP contribution in [0.4, 0.5) is 0 Å². The Hall–Kier alpha value is -1.31. The molecular weight excluding hydrogens is 258 g/mol. The summed E-state index contributed by atoms with van der Waals surface area (Å²) in [6, 6.07) is 7.37. The van der Waals surface area contributed by atoms with Crippen molar-refractivity contribution >= 4 is 21.8 Å². The average molecular weight is 268 g/mol. The van der Waals surface area contributed by atoms with Crippen LogP contribution >= 0.6 is 15.9 Å². The molecule has 0 spiro atoms. The van der Waals surface area contributed by atoms with Crippen LogP contribution in [0.1, 0.15) is 11.1 Å². The van der Waals surface area contributed by atoms with Crippen molar-refractivity contribution in [3.8, 4) is 10.8 Å². The highest BCUT2D eigenvalue weighted by atomic mass is 79.9. The van der Waals surface area contributed by atoms with Crippen LogP contribution in [-0.4, -0.2) is 11.0 Å². The van der Waals surface area contributed by atoms with Crippen molar-refractivity contribution in [3.05, 3.63) is 35.4 Å². The van der Waals surface area contributed by atoms with Crippen LogP contribution in [0.25, 0.3) is 0 Å². The molecule has 0 aliphatic heterocycles. The minimum absolute atomic E-state index is 0.00297. The number of benzene rings is 1. The SMILES string of the molecule is O=C(C#CBr)NCc1cccc(CO)c1. The maximum Gasteiger partial charge on any atom is 0.297 e. The Morgan fingerprint density at radius 2 is 2.20 bits per heavy atom. The summed E-state index contributed by atoms with van der Waals surface area (Å²) in [5.74, 6) is 1.98. The minimum atomic E-state index is -0.332. The molecule has 1 amide bonds. The number of hydrogen-bond donors (Lipinski definition) is 2. The number of carbonyl (C=O) groups excluding carboxylic acids is 1. The molecule has 0 radical (unpaired) electrons. The third kappa shape index (κ3) is 4.15. The van der Waals surface area contributed by atoms with E-state index in [0.717, 1.165) is 11.1 Å². The van der Waals surface area contributed by atoms with Gasteiger partial charge in [-0.3, -0.25) is 4.79 Å². The number of nitrogens with one attached hydrogen (secondary N) is 1. The van der Waals surface area contributed by atoms with E-state index in [1.165, 1.54) is 0 Å². The molecule has 3 nitrogen and oxygen atoms in total. The summed E-state index contributed by atoms with van der Waals surface area (Å²) in [7, 11) is 0. The van der Waals surface area contributed by atoms with Gasteiger partial charge in [-0.1, -0.05) is 24.3 Å². The largest absolute Gasteiger partial charge is 0.392 e. The molecule has 0 bridgehead atoms. The van der Waals surface area contributed by atoms with E-state index in [4.69, 9.17) is 5.11 Å². The molecule has 0 heterocycles. The zero-order valence-corrected chi connectivity index (χ0v) is 9.54. The molecule has 1 aromatic rings. The highest BCUT2D eigenvalue weighted by molar-refractivity contribution is 9.12. The first kappa shape index (κ1) is 11.8. The maximum atomic E-state index is 11.0. The third-order valence-corrected chi connectivity index (χ3v) is 1.99. The van der Waals surface area contributed by atoms with Gasteiger partial charge >= 0.3 is 0 Å². The lowest BCUT2D eigenvalue weighted by atomic mass is 10.1. The van der Waals surface area contributed by atoms with Crippen molar-refractivity contribution in [1.29, 1.82) is 0 Å². The zero-order valence-electron chi connectivity index (χ0n) is 7.96. The van der Waals surface area contributed by atoms with Crippen molar-refractivity contribution in [2.45, 2.75) is 13.2 Å². The summed E-state index contributed by atoms with van der Waals surface area (Å²) in [6.45, 7) is 0.414. The zero-order chi connectivity index (χ0) is 11.1. The van der Waals surface area contributed by atoms with E-state index >= 15 is 0 Å². The lowest BCUT2D eigenvalue weighted by molar-refractivity contribution is -0.115. The molecule has 4 heteroatoms. The smallest absolute Gasteiger partial charge is 0.297 e. The second-order valence-electron chi connectivity index (χ2n) is 2.88. The standard InChI is InChI=1S/C11H10BrNO2/c12-5-4-11(15)13-7-9-2-1-3-10(6-9)8-14/h1-3,6,14H,7-8H2,(H,13,15). The Morgan fingerprint density at radius 1 is 1.47 bits per heavy atom. The molecule has 15 heavy (non-hydrogen) atoms. The van der Waals surface area contributed by atoms with Gasteiger partial charge in [0.15, 0.2) is 0 Å². The molecule has 0 aliphatic carbocycles. The van der Waals surface area contributed by atoms with Gasteiger partial charge < -0.3 is 10.4 Å². The van der Waals surface area contributed by atoms with Gasteiger partial charge in [0.1, 0.15) is 0 Å². The molecule has 0 unspecified atom stereocenters. The van der Waals surface area contributed by atoms with Crippen molar-refractivity contribution in [1.82, 2.24) is 5.32 Å². The first-order valence-corrected chi connectivity index (χ1v) is 5.13. The van der Waals surface area contributed by atoms with Crippen LogP contribution in [0.3, 0.4) is 0 Å². The summed E-state index contributed by atoms with van der Waals surface area (Å²) in [5.41, 5.74) is 1.76. The van der Waals surface area contributed by atoms with Gasteiger partial charge in [-0.05, 0) is 16.0 Å². The fraction of sp³-hybridized carbons (Fsp3) is 0.182. The van der Waals surface area contributed by atoms with Crippen LogP contribution < -0.4 is 5.32 Å². The van der Waals surface area contributed by atoms with E-state index in [1.54, 1.807) is 0 Å². The summed E-state index contributed by atoms with van der Waals surface area (Å²) in [6.07, 6.45) is 0. The van der Waals surface area contributed by atoms with Crippen LogP contribution in [-0.2, 0) is 17.9 Å². The van der Waals surface area contributed by atoms with Gasteiger partial charge in [-0.15, -0.1) is 0 Å². The van der Waals surface area contributed by atoms with Gasteiger partial charge in [0.25, 0.3) is 5.91 Å². The summed E-state index contributed by atoms with van der Waals surface area (Å²) in [5, 5.41) is 11.5. The van der Waals surface area contributed by atoms with E-state index in [2.05, 4.69) is 32.0 Å². The van der Waals surface area contributed by atoms with E-state index < -0.39 is 0 Å². The molecule has 0 saturated heterocycles. The van der Waals surface area contributed by atoms with E-state index in [0.29, 0.717) is 6.54 Å². The Morgan fingerprint density at radius 3 is 2.87 bits per heavy atom. The Balaban J connectivity index is 2.56. The van der Waals surface area contributed by atoms with E-state index in [9.17, 15) is 4.79 Å².